The average Bonchev–Trinajstić information content (AvgIpc) is 3.31. The van der Waals surface area contributed by atoms with Crippen LogP contribution in [0.15, 0.2) is 30.3 Å². The topological polar surface area (TPSA) is 97.2 Å². The molecular weight excluding hydrogens is 438 g/mol. The summed E-state index contributed by atoms with van der Waals surface area (Å²) in [6.07, 6.45) is 1.44. The number of likely N-dealkylation sites (N-methyl/N-ethyl adjacent to an activating group) is 1. The van der Waals surface area contributed by atoms with Crippen molar-refractivity contribution in [2.75, 3.05) is 38.7 Å². The van der Waals surface area contributed by atoms with Crippen LogP contribution in [0.3, 0.4) is 0 Å². The second-order valence-electron chi connectivity index (χ2n) is 8.95. The summed E-state index contributed by atoms with van der Waals surface area (Å²) in [5.74, 6) is 0.0103. The molecule has 1 saturated heterocycles. The van der Waals surface area contributed by atoms with Gasteiger partial charge in [-0.05, 0) is 45.5 Å². The average molecular weight is 470 g/mol. The van der Waals surface area contributed by atoms with Gasteiger partial charge in [0.1, 0.15) is 0 Å². The summed E-state index contributed by atoms with van der Waals surface area (Å²) >= 11 is 0. The fraction of sp³-hybridized carbons (Fsp3) is 0.458. The van der Waals surface area contributed by atoms with Gasteiger partial charge in [-0.1, -0.05) is 31.2 Å². The van der Waals surface area contributed by atoms with Crippen molar-refractivity contribution in [2.24, 2.45) is 0 Å². The van der Waals surface area contributed by atoms with Gasteiger partial charge in [0, 0.05) is 18.7 Å². The molecule has 1 aromatic carbocycles. The predicted molar refractivity (Wildman–Crippen MR) is 130 cm³/mol. The molecule has 0 spiro atoms. The third-order valence-corrected chi connectivity index (χ3v) is 7.89. The first-order valence-electron chi connectivity index (χ1n) is 11.3. The number of pyridine rings is 1. The fourth-order valence-corrected chi connectivity index (χ4v) is 5.95. The van der Waals surface area contributed by atoms with Crippen LogP contribution in [0.4, 0.5) is 0 Å². The molecule has 9 heteroatoms. The molecule has 0 bridgehead atoms. The van der Waals surface area contributed by atoms with Crippen LogP contribution in [0, 0.1) is 6.92 Å². The molecule has 1 amide bonds. The fourth-order valence-electron chi connectivity index (χ4n) is 4.26. The number of aryl methyl sites for hydroxylation is 2. The van der Waals surface area contributed by atoms with Gasteiger partial charge in [-0.15, -0.1) is 0 Å². The van der Waals surface area contributed by atoms with E-state index in [1.54, 1.807) is 4.68 Å². The first-order valence-corrected chi connectivity index (χ1v) is 13.1. The molecule has 1 aliphatic heterocycles. The van der Waals surface area contributed by atoms with E-state index >= 15 is 0 Å². The van der Waals surface area contributed by atoms with E-state index < -0.39 is 9.84 Å². The lowest BCUT2D eigenvalue weighted by Crippen LogP contribution is -2.31. The molecule has 33 heavy (non-hydrogen) atoms. The summed E-state index contributed by atoms with van der Waals surface area (Å²) in [6, 6.07) is 9.68. The summed E-state index contributed by atoms with van der Waals surface area (Å²) < 4.78 is 26.0. The third kappa shape index (κ3) is 4.94. The molecule has 1 fully saturated rings. The lowest BCUT2D eigenvalue weighted by molar-refractivity contribution is 0.0952. The van der Waals surface area contributed by atoms with Crippen LogP contribution in [0.1, 0.15) is 41.0 Å². The first kappa shape index (κ1) is 23.4. The molecule has 176 valence electrons. The van der Waals surface area contributed by atoms with Crippen molar-refractivity contribution in [2.45, 2.75) is 32.7 Å². The number of sulfone groups is 1. The zero-order chi connectivity index (χ0) is 23.8. The van der Waals surface area contributed by atoms with Gasteiger partial charge in [0.25, 0.3) is 5.91 Å². The van der Waals surface area contributed by atoms with E-state index in [2.05, 4.69) is 29.5 Å². The van der Waals surface area contributed by atoms with Gasteiger partial charge < -0.3 is 10.2 Å². The van der Waals surface area contributed by atoms with E-state index in [-0.39, 0.29) is 23.5 Å². The molecule has 1 atom stereocenters. The minimum atomic E-state index is -3.09. The van der Waals surface area contributed by atoms with E-state index in [0.29, 0.717) is 41.0 Å². The van der Waals surface area contributed by atoms with Crippen LogP contribution in [-0.4, -0.2) is 72.7 Å². The van der Waals surface area contributed by atoms with Crippen molar-refractivity contribution in [1.82, 2.24) is 25.0 Å². The number of nitrogens with one attached hydrogen (secondary N) is 1. The number of carbonyl (C=O) groups excluding carboxylic acids is 1. The smallest absolute Gasteiger partial charge is 0.252 e. The van der Waals surface area contributed by atoms with Crippen LogP contribution in [0.2, 0.25) is 0 Å². The molecular formula is C24H31N5O3S. The normalized spacial score (nSPS) is 17.7. The minimum Gasteiger partial charge on any atom is -0.351 e. The summed E-state index contributed by atoms with van der Waals surface area (Å²) in [7, 11) is 0.822. The van der Waals surface area contributed by atoms with Crippen molar-refractivity contribution in [3.8, 4) is 11.3 Å². The van der Waals surface area contributed by atoms with E-state index in [0.717, 1.165) is 18.5 Å². The number of fused-ring (bicyclic) bond motifs is 1. The molecule has 3 aromatic rings. The zero-order valence-corrected chi connectivity index (χ0v) is 20.4. The highest BCUT2D eigenvalue weighted by atomic mass is 32.2. The second kappa shape index (κ2) is 9.23. The maximum atomic E-state index is 13.2. The Morgan fingerprint density at radius 3 is 2.58 bits per heavy atom. The Labute approximate surface area is 194 Å². The first-order chi connectivity index (χ1) is 15.7. The van der Waals surface area contributed by atoms with Crippen LogP contribution in [0.25, 0.3) is 22.3 Å². The molecule has 3 heterocycles. The Hall–Kier alpha value is -2.78. The number of benzene rings is 1. The largest absolute Gasteiger partial charge is 0.351 e. The van der Waals surface area contributed by atoms with Gasteiger partial charge in [0.2, 0.25) is 0 Å². The monoisotopic (exact) mass is 469 g/mol. The van der Waals surface area contributed by atoms with Crippen LogP contribution < -0.4 is 5.32 Å². The lowest BCUT2D eigenvalue weighted by atomic mass is 10.0. The van der Waals surface area contributed by atoms with Gasteiger partial charge in [-0.3, -0.25) is 4.79 Å². The number of amides is 1. The summed E-state index contributed by atoms with van der Waals surface area (Å²) in [4.78, 5) is 20.1. The standard InChI is InChI=1S/C24H31N5O3S/c1-5-17-6-8-18(9-7-17)21-14-20(24(30)25-11-12-28(3)4)22-16(2)27-29(23(22)26-21)19-10-13-33(31,32)15-19/h6-9,14,19H,5,10-13,15H2,1-4H3,(H,25,30). The highest BCUT2D eigenvalue weighted by molar-refractivity contribution is 7.91. The van der Waals surface area contributed by atoms with E-state index in [9.17, 15) is 13.2 Å². The summed E-state index contributed by atoms with van der Waals surface area (Å²) in [5.41, 5.74) is 4.54. The predicted octanol–water partition coefficient (Wildman–Crippen LogP) is 2.62. The number of rotatable bonds is 7. The quantitative estimate of drug-likeness (QED) is 0.571. The Bertz CT molecular complexity index is 1280. The second-order valence-corrected chi connectivity index (χ2v) is 11.2. The number of nitrogens with zero attached hydrogens (tertiary/aromatic N) is 4. The molecule has 8 nitrogen and oxygen atoms in total. The molecule has 4 rings (SSSR count). The van der Waals surface area contributed by atoms with Gasteiger partial charge in [0.15, 0.2) is 15.5 Å². The summed E-state index contributed by atoms with van der Waals surface area (Å²) in [6.45, 7) is 5.19. The third-order valence-electron chi connectivity index (χ3n) is 6.14. The number of aromatic nitrogens is 3. The highest BCUT2D eigenvalue weighted by Gasteiger charge is 2.32. The zero-order valence-electron chi connectivity index (χ0n) is 19.6. The van der Waals surface area contributed by atoms with Gasteiger partial charge in [0.05, 0.1) is 39.9 Å². The maximum Gasteiger partial charge on any atom is 0.252 e. The van der Waals surface area contributed by atoms with Crippen molar-refractivity contribution in [3.63, 3.8) is 0 Å². The molecule has 0 aliphatic carbocycles. The lowest BCUT2D eigenvalue weighted by Gasteiger charge is -2.13. The Morgan fingerprint density at radius 2 is 1.97 bits per heavy atom. The molecule has 2 aromatic heterocycles. The van der Waals surface area contributed by atoms with Crippen LogP contribution in [0.5, 0.6) is 0 Å². The van der Waals surface area contributed by atoms with Gasteiger partial charge in [-0.2, -0.15) is 5.10 Å². The minimum absolute atomic E-state index is 0.0463. The molecule has 1 aliphatic rings. The van der Waals surface area contributed by atoms with Crippen molar-refractivity contribution in [1.29, 1.82) is 0 Å². The Balaban J connectivity index is 1.84. The van der Waals surface area contributed by atoms with Gasteiger partial charge in [-0.25, -0.2) is 18.1 Å². The molecule has 0 radical (unpaired) electrons. The van der Waals surface area contributed by atoms with Gasteiger partial charge >= 0.3 is 0 Å². The van der Waals surface area contributed by atoms with E-state index in [1.807, 2.05) is 44.1 Å². The molecule has 1 N–H and O–H groups in total. The molecule has 0 saturated carbocycles. The number of hydrogen-bond donors (Lipinski definition) is 1. The van der Waals surface area contributed by atoms with Crippen molar-refractivity contribution in [3.05, 3.63) is 47.2 Å². The van der Waals surface area contributed by atoms with E-state index in [1.165, 1.54) is 5.56 Å². The van der Waals surface area contributed by atoms with E-state index in [4.69, 9.17) is 4.98 Å². The maximum absolute atomic E-state index is 13.2. The number of carbonyl (C=O) groups is 1. The number of hydrogen-bond acceptors (Lipinski definition) is 6. The molecule has 1 unspecified atom stereocenters. The SMILES string of the molecule is CCc1ccc(-c2cc(C(=O)NCCN(C)C)c3c(C)nn(C4CCS(=O)(=O)C4)c3n2)cc1. The highest BCUT2D eigenvalue weighted by Crippen LogP contribution is 2.32. The van der Waals surface area contributed by atoms with Crippen molar-refractivity contribution >= 4 is 26.8 Å². The van der Waals surface area contributed by atoms with Crippen LogP contribution >= 0.6 is 0 Å². The Kier molecular flexibility index (Phi) is 6.54. The van der Waals surface area contributed by atoms with Crippen LogP contribution in [-0.2, 0) is 16.3 Å². The Morgan fingerprint density at radius 1 is 1.24 bits per heavy atom. The van der Waals surface area contributed by atoms with Crippen molar-refractivity contribution < 1.29 is 13.2 Å². The summed E-state index contributed by atoms with van der Waals surface area (Å²) in [5, 5.41) is 8.33.